The normalized spacial score (nSPS) is 13.6. The molecule has 0 aliphatic carbocycles. The minimum atomic E-state index is -0.279. The fraction of sp³-hybridized carbons (Fsp3) is 0.333. The molecule has 0 bridgehead atoms. The van der Waals surface area contributed by atoms with Crippen molar-refractivity contribution in [2.75, 3.05) is 11.9 Å². The number of fused-ring (bicyclic) bond motifs is 2. The summed E-state index contributed by atoms with van der Waals surface area (Å²) in [6.45, 7) is 2.08. The molecular weight excluding hydrogens is 326 g/mol. The molecule has 0 N–H and O–H groups in total. The third-order valence-corrected chi connectivity index (χ3v) is 3.78. The standard InChI is InChI=1S/C12H10BrN5O2/c1-3-4-5-17-8-9(14-11(17)13)15-12-16(2)7(19)6-18(12)10(8)20/h5-6H2,1-2H3. The van der Waals surface area contributed by atoms with Crippen LogP contribution < -0.4 is 10.5 Å². The van der Waals surface area contributed by atoms with Crippen LogP contribution in [0.3, 0.4) is 0 Å². The number of amides is 1. The van der Waals surface area contributed by atoms with Crippen LogP contribution in [0.15, 0.2) is 9.53 Å². The largest absolute Gasteiger partial charge is 0.301 e. The topological polar surface area (TPSA) is 73.0 Å². The highest BCUT2D eigenvalue weighted by Crippen LogP contribution is 2.21. The third kappa shape index (κ3) is 1.67. The van der Waals surface area contributed by atoms with Gasteiger partial charge in [-0.2, -0.15) is 4.98 Å². The van der Waals surface area contributed by atoms with Crippen LogP contribution in [0.1, 0.15) is 6.92 Å². The number of nitrogens with zero attached hydrogens (tertiary/aromatic N) is 5. The molecule has 0 radical (unpaired) electrons. The summed E-state index contributed by atoms with van der Waals surface area (Å²) in [5.41, 5.74) is 0.387. The lowest BCUT2D eigenvalue weighted by Crippen LogP contribution is -2.22. The quantitative estimate of drug-likeness (QED) is 0.557. The van der Waals surface area contributed by atoms with E-state index in [2.05, 4.69) is 37.7 Å². The molecule has 20 heavy (non-hydrogen) atoms. The number of hydrogen-bond donors (Lipinski definition) is 0. The van der Waals surface area contributed by atoms with Gasteiger partial charge in [-0.1, -0.05) is 5.92 Å². The molecule has 1 aliphatic heterocycles. The van der Waals surface area contributed by atoms with E-state index in [-0.39, 0.29) is 18.0 Å². The van der Waals surface area contributed by atoms with Crippen molar-refractivity contribution in [3.05, 3.63) is 15.1 Å². The summed E-state index contributed by atoms with van der Waals surface area (Å²) in [7, 11) is 1.59. The van der Waals surface area contributed by atoms with Crippen molar-refractivity contribution in [2.45, 2.75) is 20.0 Å². The van der Waals surface area contributed by atoms with E-state index in [1.807, 2.05) is 0 Å². The Morgan fingerprint density at radius 1 is 1.35 bits per heavy atom. The molecule has 0 saturated heterocycles. The van der Waals surface area contributed by atoms with Gasteiger partial charge in [0.25, 0.3) is 5.56 Å². The number of aromatic nitrogens is 4. The van der Waals surface area contributed by atoms with Gasteiger partial charge < -0.3 is 4.57 Å². The maximum atomic E-state index is 12.5. The molecular formula is C12H10BrN5O2. The van der Waals surface area contributed by atoms with Gasteiger partial charge in [0, 0.05) is 7.05 Å². The molecule has 1 aliphatic rings. The van der Waals surface area contributed by atoms with Gasteiger partial charge in [-0.15, -0.1) is 5.92 Å². The predicted octanol–water partition coefficient (Wildman–Crippen LogP) is 0.355. The van der Waals surface area contributed by atoms with Crippen molar-refractivity contribution < 1.29 is 4.79 Å². The van der Waals surface area contributed by atoms with Crippen molar-refractivity contribution in [3.63, 3.8) is 0 Å². The predicted molar refractivity (Wildman–Crippen MR) is 76.3 cm³/mol. The first-order valence-electron chi connectivity index (χ1n) is 5.87. The fourth-order valence-electron chi connectivity index (χ4n) is 2.13. The summed E-state index contributed by atoms with van der Waals surface area (Å²) >= 11 is 3.31. The molecule has 3 rings (SSSR count). The van der Waals surface area contributed by atoms with Gasteiger partial charge >= 0.3 is 0 Å². The van der Waals surface area contributed by atoms with Crippen LogP contribution in [-0.4, -0.2) is 32.1 Å². The van der Waals surface area contributed by atoms with E-state index in [1.165, 1.54) is 9.47 Å². The minimum absolute atomic E-state index is 0.00978. The maximum absolute atomic E-state index is 12.5. The zero-order valence-electron chi connectivity index (χ0n) is 10.8. The lowest BCUT2D eigenvalue weighted by atomic mass is 10.5. The summed E-state index contributed by atoms with van der Waals surface area (Å²) in [6.07, 6.45) is 0. The summed E-state index contributed by atoms with van der Waals surface area (Å²) in [6, 6.07) is 0. The number of carbonyl (C=O) groups excluding carboxylic acids is 1. The van der Waals surface area contributed by atoms with E-state index in [0.29, 0.717) is 28.4 Å². The highest BCUT2D eigenvalue weighted by molar-refractivity contribution is 9.10. The van der Waals surface area contributed by atoms with E-state index in [4.69, 9.17) is 0 Å². The average Bonchev–Trinajstić information content (AvgIpc) is 2.88. The third-order valence-electron chi connectivity index (χ3n) is 3.18. The number of carbonyl (C=O) groups is 1. The Morgan fingerprint density at radius 3 is 2.80 bits per heavy atom. The van der Waals surface area contributed by atoms with Crippen molar-refractivity contribution in [2.24, 2.45) is 0 Å². The van der Waals surface area contributed by atoms with Gasteiger partial charge in [-0.25, -0.2) is 4.98 Å². The molecule has 0 saturated carbocycles. The molecule has 0 spiro atoms. The van der Waals surface area contributed by atoms with E-state index in [1.54, 1.807) is 18.5 Å². The van der Waals surface area contributed by atoms with Crippen LogP contribution >= 0.6 is 15.9 Å². The first kappa shape index (κ1) is 12.9. The number of imidazole rings is 1. The van der Waals surface area contributed by atoms with Crippen molar-refractivity contribution >= 4 is 38.9 Å². The zero-order valence-corrected chi connectivity index (χ0v) is 12.4. The number of rotatable bonds is 1. The molecule has 0 atom stereocenters. The fourth-order valence-corrected chi connectivity index (χ4v) is 2.60. The Kier molecular flexibility index (Phi) is 2.87. The SMILES string of the molecule is CC#CCn1c(Br)nc2nc3n(c(=O)c21)CC(=O)N3C. The Hall–Kier alpha value is -2.14. The molecule has 0 unspecified atom stereocenters. The second kappa shape index (κ2) is 4.45. The van der Waals surface area contributed by atoms with E-state index in [9.17, 15) is 9.59 Å². The second-order valence-corrected chi connectivity index (χ2v) is 5.03. The van der Waals surface area contributed by atoms with E-state index < -0.39 is 0 Å². The summed E-state index contributed by atoms with van der Waals surface area (Å²) in [5.74, 6) is 5.82. The molecule has 7 nitrogen and oxygen atoms in total. The maximum Gasteiger partial charge on any atom is 0.281 e. The average molecular weight is 336 g/mol. The number of likely N-dealkylation sites (N-methyl/N-ethyl adjacent to an activating group) is 1. The molecule has 2 aromatic heterocycles. The Bertz CT molecular complexity index is 855. The summed E-state index contributed by atoms with van der Waals surface area (Å²) in [5, 5.41) is 0. The number of hydrogen-bond acceptors (Lipinski definition) is 4. The molecule has 1 amide bonds. The van der Waals surface area contributed by atoms with Gasteiger partial charge in [0.15, 0.2) is 15.9 Å². The Labute approximate surface area is 122 Å². The highest BCUT2D eigenvalue weighted by Gasteiger charge is 2.29. The smallest absolute Gasteiger partial charge is 0.281 e. The molecule has 8 heteroatoms. The highest BCUT2D eigenvalue weighted by atomic mass is 79.9. The van der Waals surface area contributed by atoms with Gasteiger partial charge in [-0.05, 0) is 22.9 Å². The van der Waals surface area contributed by atoms with Crippen LogP contribution in [0.5, 0.6) is 0 Å². The van der Waals surface area contributed by atoms with Crippen LogP contribution in [0, 0.1) is 11.8 Å². The van der Waals surface area contributed by atoms with Gasteiger partial charge in [0.1, 0.15) is 6.54 Å². The zero-order chi connectivity index (χ0) is 14.4. The second-order valence-electron chi connectivity index (χ2n) is 4.32. The van der Waals surface area contributed by atoms with E-state index in [0.717, 1.165) is 0 Å². The Balaban J connectivity index is 2.33. The van der Waals surface area contributed by atoms with Crippen LogP contribution in [0.25, 0.3) is 11.2 Å². The number of anilines is 1. The lowest BCUT2D eigenvalue weighted by Gasteiger charge is -2.07. The molecule has 0 fully saturated rings. The Morgan fingerprint density at radius 2 is 2.10 bits per heavy atom. The van der Waals surface area contributed by atoms with Crippen LogP contribution in [0.2, 0.25) is 0 Å². The molecule has 102 valence electrons. The van der Waals surface area contributed by atoms with Gasteiger partial charge in [0.2, 0.25) is 11.9 Å². The van der Waals surface area contributed by atoms with Crippen molar-refractivity contribution in [3.8, 4) is 11.8 Å². The first-order valence-corrected chi connectivity index (χ1v) is 6.66. The monoisotopic (exact) mass is 335 g/mol. The van der Waals surface area contributed by atoms with Crippen LogP contribution in [0.4, 0.5) is 5.95 Å². The van der Waals surface area contributed by atoms with Crippen LogP contribution in [-0.2, 0) is 17.9 Å². The number of halogens is 1. The first-order chi connectivity index (χ1) is 9.54. The summed E-state index contributed by atoms with van der Waals surface area (Å²) in [4.78, 5) is 34.1. The molecule has 2 aromatic rings. The van der Waals surface area contributed by atoms with Gasteiger partial charge in [0.05, 0.1) is 6.54 Å². The summed E-state index contributed by atoms with van der Waals surface area (Å²) < 4.78 is 3.50. The van der Waals surface area contributed by atoms with Crippen molar-refractivity contribution in [1.29, 1.82) is 0 Å². The molecule has 0 aromatic carbocycles. The van der Waals surface area contributed by atoms with Gasteiger partial charge in [-0.3, -0.25) is 19.1 Å². The lowest BCUT2D eigenvalue weighted by molar-refractivity contribution is -0.117. The van der Waals surface area contributed by atoms with E-state index >= 15 is 0 Å². The molecule has 3 heterocycles. The minimum Gasteiger partial charge on any atom is -0.301 e. The van der Waals surface area contributed by atoms with Crippen molar-refractivity contribution in [1.82, 2.24) is 19.1 Å².